The maximum absolute atomic E-state index is 13.5. The van der Waals surface area contributed by atoms with Crippen molar-refractivity contribution in [3.63, 3.8) is 0 Å². The summed E-state index contributed by atoms with van der Waals surface area (Å²) in [6.45, 7) is 1.28. The van der Waals surface area contributed by atoms with Crippen LogP contribution in [0.4, 0.5) is 0 Å². The Morgan fingerprint density at radius 2 is 1.58 bits per heavy atom. The second kappa shape index (κ2) is 12.4. The van der Waals surface area contributed by atoms with Gasteiger partial charge in [0.1, 0.15) is 12.4 Å². The molecule has 1 fully saturated rings. The van der Waals surface area contributed by atoms with Gasteiger partial charge in [-0.1, -0.05) is 102 Å². The normalized spacial score (nSPS) is 15.4. The second-order valence-corrected chi connectivity index (χ2v) is 10.5. The van der Waals surface area contributed by atoms with E-state index in [1.807, 2.05) is 97.1 Å². The van der Waals surface area contributed by atoms with Gasteiger partial charge in [-0.15, -0.1) is 0 Å². The average molecular weight is 560 g/mol. The molecule has 1 amide bonds. The number of hydrogen-bond donors (Lipinski definition) is 0. The number of ether oxygens (including phenoxy) is 1. The summed E-state index contributed by atoms with van der Waals surface area (Å²) in [4.78, 5) is 20.7. The molecule has 4 aromatic carbocycles. The lowest BCUT2D eigenvalue weighted by molar-refractivity contribution is -0.122. The van der Waals surface area contributed by atoms with Crippen molar-refractivity contribution in [1.29, 1.82) is 0 Å². The fourth-order valence-corrected chi connectivity index (χ4v) is 5.36. The third-order valence-electron chi connectivity index (χ3n) is 5.88. The van der Waals surface area contributed by atoms with Crippen molar-refractivity contribution >= 4 is 52.1 Å². The number of amides is 1. The minimum Gasteiger partial charge on any atom is -0.489 e. The summed E-state index contributed by atoms with van der Waals surface area (Å²) in [5.41, 5.74) is 3.85. The predicted octanol–water partition coefficient (Wildman–Crippen LogP) is 8.25. The molecule has 0 N–H and O–H groups in total. The van der Waals surface area contributed by atoms with Crippen LogP contribution in [-0.2, 0) is 24.5 Å². The molecule has 4 aromatic rings. The van der Waals surface area contributed by atoms with Crippen LogP contribution >= 0.6 is 35.0 Å². The lowest BCUT2D eigenvalue weighted by Crippen LogP contribution is -2.28. The number of benzene rings is 4. The Morgan fingerprint density at radius 1 is 0.842 bits per heavy atom. The molecule has 0 spiro atoms. The van der Waals surface area contributed by atoms with Crippen LogP contribution < -0.4 is 4.74 Å². The highest BCUT2D eigenvalue weighted by Gasteiger charge is 2.33. The molecule has 7 heteroatoms. The molecule has 0 bridgehead atoms. The molecule has 0 saturated carbocycles. The van der Waals surface area contributed by atoms with E-state index in [2.05, 4.69) is 0 Å². The maximum Gasteiger partial charge on any atom is 0.267 e. The van der Waals surface area contributed by atoms with Gasteiger partial charge in [0.15, 0.2) is 5.17 Å². The van der Waals surface area contributed by atoms with Crippen LogP contribution in [0.25, 0.3) is 6.08 Å². The standard InChI is InChI=1S/C31H24Cl2N2O2S/c32-26-15-14-25(28(33)18-26)21-37-27-13-7-12-24(16-27)17-29-30(36)35(20-23-10-5-2-6-11-23)31(38-29)34-19-22-8-3-1-4-9-22/h1-18H,19-21H2/b29-17-,34-31?. The Hall–Kier alpha value is -3.51. The van der Waals surface area contributed by atoms with E-state index in [1.54, 1.807) is 17.0 Å². The SMILES string of the molecule is O=C1/C(=C/c2cccc(OCc3ccc(Cl)cc3Cl)c2)SC(=NCc2ccccc2)N1Cc1ccccc1. The van der Waals surface area contributed by atoms with Crippen LogP contribution in [-0.4, -0.2) is 16.0 Å². The van der Waals surface area contributed by atoms with Crippen LogP contribution in [0.3, 0.4) is 0 Å². The molecule has 0 atom stereocenters. The van der Waals surface area contributed by atoms with Crippen LogP contribution in [0.15, 0.2) is 113 Å². The minimum atomic E-state index is -0.0649. The van der Waals surface area contributed by atoms with E-state index >= 15 is 0 Å². The lowest BCUT2D eigenvalue weighted by atomic mass is 10.2. The van der Waals surface area contributed by atoms with Crippen molar-refractivity contribution in [2.45, 2.75) is 19.7 Å². The molecular weight excluding hydrogens is 535 g/mol. The topological polar surface area (TPSA) is 41.9 Å². The summed E-state index contributed by atoms with van der Waals surface area (Å²) in [5, 5.41) is 1.84. The van der Waals surface area contributed by atoms with Gasteiger partial charge in [0, 0.05) is 15.6 Å². The highest BCUT2D eigenvalue weighted by molar-refractivity contribution is 8.18. The Labute approximate surface area is 236 Å². The highest BCUT2D eigenvalue weighted by Crippen LogP contribution is 2.34. The number of thioether (sulfide) groups is 1. The third-order valence-corrected chi connectivity index (χ3v) is 7.51. The van der Waals surface area contributed by atoms with E-state index in [0.29, 0.717) is 45.6 Å². The smallest absolute Gasteiger partial charge is 0.267 e. The van der Waals surface area contributed by atoms with Gasteiger partial charge in [-0.25, -0.2) is 0 Å². The van der Waals surface area contributed by atoms with Crippen molar-refractivity contribution in [1.82, 2.24) is 4.90 Å². The summed E-state index contributed by atoms with van der Waals surface area (Å²) in [7, 11) is 0. The number of rotatable bonds is 8. The first-order chi connectivity index (χ1) is 18.5. The molecular formula is C31H24Cl2N2O2S. The van der Waals surface area contributed by atoms with Crippen molar-refractivity contribution < 1.29 is 9.53 Å². The van der Waals surface area contributed by atoms with Gasteiger partial charge < -0.3 is 4.74 Å². The zero-order valence-corrected chi connectivity index (χ0v) is 22.7. The summed E-state index contributed by atoms with van der Waals surface area (Å²) in [5.74, 6) is 0.616. The second-order valence-electron chi connectivity index (χ2n) is 8.67. The molecule has 1 saturated heterocycles. The van der Waals surface area contributed by atoms with Crippen LogP contribution in [0.2, 0.25) is 10.0 Å². The van der Waals surface area contributed by atoms with Gasteiger partial charge >= 0.3 is 0 Å². The molecule has 1 heterocycles. The number of amidine groups is 1. The van der Waals surface area contributed by atoms with Gasteiger partial charge in [-0.3, -0.25) is 14.7 Å². The van der Waals surface area contributed by atoms with E-state index < -0.39 is 0 Å². The number of halogens is 2. The zero-order valence-electron chi connectivity index (χ0n) is 20.4. The lowest BCUT2D eigenvalue weighted by Gasteiger charge is -2.15. The first-order valence-electron chi connectivity index (χ1n) is 12.1. The molecule has 1 aliphatic heterocycles. The van der Waals surface area contributed by atoms with Crippen molar-refractivity contribution in [3.8, 4) is 5.75 Å². The number of carbonyl (C=O) groups is 1. The van der Waals surface area contributed by atoms with E-state index in [4.69, 9.17) is 32.9 Å². The molecule has 38 heavy (non-hydrogen) atoms. The van der Waals surface area contributed by atoms with Crippen molar-refractivity contribution in [2.75, 3.05) is 0 Å². The Balaban J connectivity index is 1.36. The largest absolute Gasteiger partial charge is 0.489 e. The number of carbonyl (C=O) groups excluding carboxylic acids is 1. The number of nitrogens with zero attached hydrogens (tertiary/aromatic N) is 2. The molecule has 0 unspecified atom stereocenters. The van der Waals surface area contributed by atoms with Crippen molar-refractivity contribution in [3.05, 3.63) is 140 Å². The highest BCUT2D eigenvalue weighted by atomic mass is 35.5. The molecule has 0 radical (unpaired) electrons. The predicted molar refractivity (Wildman–Crippen MR) is 157 cm³/mol. The van der Waals surface area contributed by atoms with Crippen molar-refractivity contribution in [2.24, 2.45) is 4.99 Å². The Bertz CT molecular complexity index is 1490. The summed E-state index contributed by atoms with van der Waals surface area (Å²) < 4.78 is 5.97. The van der Waals surface area contributed by atoms with Crippen LogP contribution in [0.5, 0.6) is 5.75 Å². The number of aliphatic imine (C=N–C) groups is 1. The van der Waals surface area contributed by atoms with Gasteiger partial charge in [-0.05, 0) is 58.8 Å². The van der Waals surface area contributed by atoms with E-state index in [0.717, 1.165) is 22.3 Å². The van der Waals surface area contributed by atoms with E-state index in [1.165, 1.54) is 11.8 Å². The fraction of sp³-hybridized carbons (Fsp3) is 0.0968. The molecule has 0 aliphatic carbocycles. The van der Waals surface area contributed by atoms with Gasteiger partial charge in [0.25, 0.3) is 5.91 Å². The van der Waals surface area contributed by atoms with Gasteiger partial charge in [-0.2, -0.15) is 0 Å². The molecule has 0 aromatic heterocycles. The van der Waals surface area contributed by atoms with Gasteiger partial charge in [0.2, 0.25) is 0 Å². The summed E-state index contributed by atoms with van der Waals surface area (Å²) in [6.07, 6.45) is 1.89. The molecule has 4 nitrogen and oxygen atoms in total. The average Bonchev–Trinajstić information content (AvgIpc) is 3.22. The van der Waals surface area contributed by atoms with Crippen LogP contribution in [0.1, 0.15) is 22.3 Å². The number of hydrogen-bond acceptors (Lipinski definition) is 4. The molecule has 1 aliphatic rings. The summed E-state index contributed by atoms with van der Waals surface area (Å²) in [6, 6.07) is 33.0. The molecule has 5 rings (SSSR count). The Kier molecular flexibility index (Phi) is 8.49. The monoisotopic (exact) mass is 558 g/mol. The first-order valence-corrected chi connectivity index (χ1v) is 13.6. The Morgan fingerprint density at radius 3 is 2.32 bits per heavy atom. The van der Waals surface area contributed by atoms with E-state index in [9.17, 15) is 4.79 Å². The fourth-order valence-electron chi connectivity index (χ4n) is 3.92. The van der Waals surface area contributed by atoms with Crippen LogP contribution in [0, 0.1) is 0 Å². The quantitative estimate of drug-likeness (QED) is 0.204. The van der Waals surface area contributed by atoms with E-state index in [-0.39, 0.29) is 5.91 Å². The first kappa shape index (κ1) is 26.1. The van der Waals surface area contributed by atoms with Gasteiger partial charge in [0.05, 0.1) is 18.0 Å². The maximum atomic E-state index is 13.5. The summed E-state index contributed by atoms with van der Waals surface area (Å²) >= 11 is 13.7. The zero-order chi connectivity index (χ0) is 26.3. The molecule has 190 valence electrons. The minimum absolute atomic E-state index is 0.0649. The third kappa shape index (κ3) is 6.67.